The van der Waals surface area contributed by atoms with Gasteiger partial charge >= 0.3 is 0 Å². The molecule has 4 heteroatoms. The minimum atomic E-state index is -1.15. The predicted octanol–water partition coefficient (Wildman–Crippen LogP) is 0.00510. The molecular weight excluding hydrogens is 225 g/mol. The van der Waals surface area contributed by atoms with Gasteiger partial charge in [0.05, 0.1) is 11.5 Å². The van der Waals surface area contributed by atoms with Crippen LogP contribution in [0.2, 0.25) is 0 Å². The standard InChI is InChI=1S/C13H11NO2.Na/c15-13(16)12-7-4-8-14(10-12)9-11-5-2-1-3-6-11;/h1-8,10H,9H2;. The normalized spacial score (nSPS) is 9.41. The fraction of sp³-hybridized carbons (Fsp3) is 0.0769. The Bertz CT molecular complexity index is 500. The fourth-order valence-electron chi connectivity index (χ4n) is 1.54. The van der Waals surface area contributed by atoms with E-state index < -0.39 is 5.97 Å². The Morgan fingerprint density at radius 1 is 1.12 bits per heavy atom. The summed E-state index contributed by atoms with van der Waals surface area (Å²) in [7, 11) is 0. The fourth-order valence-corrected chi connectivity index (χ4v) is 1.54. The zero-order chi connectivity index (χ0) is 11.4. The van der Waals surface area contributed by atoms with E-state index >= 15 is 0 Å². The van der Waals surface area contributed by atoms with E-state index in [2.05, 4.69) is 0 Å². The van der Waals surface area contributed by atoms with Gasteiger partial charge in [-0.25, -0.2) is 4.57 Å². The van der Waals surface area contributed by atoms with Gasteiger partial charge in [0, 0.05) is 41.2 Å². The van der Waals surface area contributed by atoms with Gasteiger partial charge in [0.25, 0.3) is 0 Å². The molecule has 0 amide bonds. The SMILES string of the molecule is O=C([O-])c1ccc[n+](Cc2ccccc2)c1.[Na]. The van der Waals surface area contributed by atoms with Crippen molar-refractivity contribution < 1.29 is 14.5 Å². The third-order valence-corrected chi connectivity index (χ3v) is 2.30. The van der Waals surface area contributed by atoms with E-state index in [1.54, 1.807) is 12.3 Å². The average Bonchev–Trinajstić information content (AvgIpc) is 2.30. The summed E-state index contributed by atoms with van der Waals surface area (Å²) < 4.78 is 1.82. The minimum Gasteiger partial charge on any atom is -0.545 e. The topological polar surface area (TPSA) is 44.0 Å². The first kappa shape index (κ1) is 13.9. The Morgan fingerprint density at radius 3 is 2.47 bits per heavy atom. The van der Waals surface area contributed by atoms with Crippen LogP contribution in [0.5, 0.6) is 0 Å². The molecule has 0 saturated carbocycles. The van der Waals surface area contributed by atoms with E-state index in [1.165, 1.54) is 6.07 Å². The van der Waals surface area contributed by atoms with E-state index in [0.29, 0.717) is 6.54 Å². The molecule has 1 aromatic heterocycles. The van der Waals surface area contributed by atoms with Gasteiger partial charge in [-0.3, -0.25) is 0 Å². The number of carboxylic acid groups (broad SMARTS) is 1. The Kier molecular flexibility index (Phi) is 5.35. The van der Waals surface area contributed by atoms with E-state index in [0.717, 1.165) is 5.56 Å². The van der Waals surface area contributed by atoms with Crippen LogP contribution < -0.4 is 9.67 Å². The van der Waals surface area contributed by atoms with Crippen molar-refractivity contribution in [2.75, 3.05) is 0 Å². The molecule has 3 nitrogen and oxygen atoms in total. The van der Waals surface area contributed by atoms with Crippen LogP contribution in [-0.4, -0.2) is 35.5 Å². The number of hydrogen-bond acceptors (Lipinski definition) is 2. The Morgan fingerprint density at radius 2 is 1.82 bits per heavy atom. The molecule has 0 N–H and O–H groups in total. The zero-order valence-electron chi connectivity index (χ0n) is 9.67. The molecule has 0 aliphatic rings. The quantitative estimate of drug-likeness (QED) is 0.556. The van der Waals surface area contributed by atoms with Crippen molar-refractivity contribution in [1.29, 1.82) is 0 Å². The first-order valence-electron chi connectivity index (χ1n) is 5.00. The van der Waals surface area contributed by atoms with Gasteiger partial charge in [-0.2, -0.15) is 0 Å². The molecule has 1 aromatic carbocycles. The molecule has 2 aromatic rings. The van der Waals surface area contributed by atoms with Crippen LogP contribution in [0.4, 0.5) is 0 Å². The summed E-state index contributed by atoms with van der Waals surface area (Å²) >= 11 is 0. The van der Waals surface area contributed by atoms with Crippen molar-refractivity contribution in [3.8, 4) is 0 Å². The van der Waals surface area contributed by atoms with Gasteiger partial charge in [-0.15, -0.1) is 0 Å². The van der Waals surface area contributed by atoms with Crippen LogP contribution in [-0.2, 0) is 6.54 Å². The maximum absolute atomic E-state index is 10.7. The van der Waals surface area contributed by atoms with Gasteiger partial charge in [-0.1, -0.05) is 30.3 Å². The van der Waals surface area contributed by atoms with Crippen LogP contribution in [0.3, 0.4) is 0 Å². The van der Waals surface area contributed by atoms with Gasteiger partial charge in [0.15, 0.2) is 18.9 Å². The molecule has 81 valence electrons. The number of pyridine rings is 1. The van der Waals surface area contributed by atoms with Gasteiger partial charge in [0.2, 0.25) is 0 Å². The van der Waals surface area contributed by atoms with E-state index in [9.17, 15) is 9.90 Å². The third kappa shape index (κ3) is 3.97. The summed E-state index contributed by atoms with van der Waals surface area (Å²) in [5, 5.41) is 10.7. The Hall–Kier alpha value is -1.16. The van der Waals surface area contributed by atoms with Gasteiger partial charge in [0.1, 0.15) is 0 Å². The number of carboxylic acids is 1. The second-order valence-corrected chi connectivity index (χ2v) is 3.54. The van der Waals surface area contributed by atoms with E-state index in [-0.39, 0.29) is 35.1 Å². The van der Waals surface area contributed by atoms with Crippen LogP contribution in [0.1, 0.15) is 15.9 Å². The van der Waals surface area contributed by atoms with Crippen LogP contribution in [0.25, 0.3) is 0 Å². The molecule has 0 aliphatic carbocycles. The number of hydrogen-bond donors (Lipinski definition) is 0. The van der Waals surface area contributed by atoms with E-state index in [4.69, 9.17) is 0 Å². The summed E-state index contributed by atoms with van der Waals surface area (Å²) in [6.45, 7) is 0.655. The Labute approximate surface area is 122 Å². The molecule has 0 aliphatic heterocycles. The van der Waals surface area contributed by atoms with Crippen LogP contribution in [0, 0.1) is 0 Å². The third-order valence-electron chi connectivity index (χ3n) is 2.30. The number of aromatic nitrogens is 1. The molecule has 0 spiro atoms. The number of nitrogens with zero attached hydrogens (tertiary/aromatic N) is 1. The monoisotopic (exact) mass is 236 g/mol. The van der Waals surface area contributed by atoms with Crippen molar-refractivity contribution in [3.63, 3.8) is 0 Å². The van der Waals surface area contributed by atoms with Crippen molar-refractivity contribution in [1.82, 2.24) is 0 Å². The molecule has 0 atom stereocenters. The molecule has 17 heavy (non-hydrogen) atoms. The van der Waals surface area contributed by atoms with Crippen molar-refractivity contribution in [2.45, 2.75) is 6.54 Å². The Balaban J connectivity index is 0.00000144. The largest absolute Gasteiger partial charge is 0.545 e. The van der Waals surface area contributed by atoms with Crippen molar-refractivity contribution in [3.05, 3.63) is 66.0 Å². The molecule has 0 fully saturated rings. The van der Waals surface area contributed by atoms with Crippen LogP contribution >= 0.6 is 0 Å². The molecular formula is C13H11NNaO2. The summed E-state index contributed by atoms with van der Waals surface area (Å²) in [5.41, 5.74) is 1.32. The van der Waals surface area contributed by atoms with Gasteiger partial charge in [-0.05, 0) is 6.07 Å². The number of carbonyl (C=O) groups is 1. The number of aromatic carboxylic acids is 1. The number of rotatable bonds is 3. The molecule has 2 rings (SSSR count). The first-order valence-corrected chi connectivity index (χ1v) is 5.00. The maximum atomic E-state index is 10.7. The van der Waals surface area contributed by atoms with Crippen LogP contribution in [0.15, 0.2) is 54.9 Å². The minimum absolute atomic E-state index is 0. The van der Waals surface area contributed by atoms with Crippen molar-refractivity contribution in [2.24, 2.45) is 0 Å². The van der Waals surface area contributed by atoms with Crippen molar-refractivity contribution >= 4 is 35.5 Å². The smallest absolute Gasteiger partial charge is 0.178 e. The summed E-state index contributed by atoms with van der Waals surface area (Å²) in [5.74, 6) is -1.15. The molecule has 0 bridgehead atoms. The zero-order valence-corrected chi connectivity index (χ0v) is 11.7. The van der Waals surface area contributed by atoms with E-state index in [1.807, 2.05) is 41.1 Å². The number of benzene rings is 1. The second kappa shape index (κ2) is 6.55. The first-order chi connectivity index (χ1) is 7.75. The predicted molar refractivity (Wildman–Crippen MR) is 62.3 cm³/mol. The molecule has 0 unspecified atom stereocenters. The molecule has 1 radical (unpaired) electrons. The summed E-state index contributed by atoms with van der Waals surface area (Å²) in [6, 6.07) is 13.1. The average molecular weight is 236 g/mol. The second-order valence-electron chi connectivity index (χ2n) is 3.54. The number of carbonyl (C=O) groups excluding carboxylic acids is 1. The summed E-state index contributed by atoms with van der Waals surface area (Å²) in [6.07, 6.45) is 3.40. The summed E-state index contributed by atoms with van der Waals surface area (Å²) in [4.78, 5) is 10.7. The van der Waals surface area contributed by atoms with Gasteiger partial charge < -0.3 is 9.90 Å². The molecule has 1 heterocycles. The maximum Gasteiger partial charge on any atom is 0.178 e. The molecule has 0 saturated heterocycles.